The number of nitrogen functional groups attached to an aromatic ring is 1. The quantitative estimate of drug-likeness (QED) is 0.545. The zero-order chi connectivity index (χ0) is 7.84. The van der Waals surface area contributed by atoms with Gasteiger partial charge in [-0.3, -0.25) is 0 Å². The van der Waals surface area contributed by atoms with Gasteiger partial charge in [-0.05, 0) is 0 Å². The Morgan fingerprint density at radius 1 is 1.36 bits per heavy atom. The van der Waals surface area contributed by atoms with Crippen LogP contribution in [0.25, 0.3) is 6.08 Å². The fraction of sp³-hybridized carbons (Fsp3) is 0.111. The van der Waals surface area contributed by atoms with E-state index in [4.69, 9.17) is 5.73 Å². The van der Waals surface area contributed by atoms with E-state index in [0.29, 0.717) is 0 Å². The fourth-order valence-corrected chi connectivity index (χ4v) is 5.43. The zero-order valence-electron chi connectivity index (χ0n) is 6.41. The zero-order valence-corrected chi connectivity index (χ0v) is 8.96. The van der Waals surface area contributed by atoms with Gasteiger partial charge in [-0.15, -0.1) is 0 Å². The molecule has 2 N–H and O–H groups in total. The second-order valence-corrected chi connectivity index (χ2v) is 8.46. The average molecular weight is 254 g/mol. The first-order chi connectivity index (χ1) is 5.27. The van der Waals surface area contributed by atoms with Gasteiger partial charge in [0, 0.05) is 0 Å². The normalized spacial score (nSPS) is 15.4. The van der Waals surface area contributed by atoms with Gasteiger partial charge in [0.2, 0.25) is 0 Å². The minimum atomic E-state index is -1.14. The van der Waals surface area contributed by atoms with Crippen LogP contribution in [-0.2, 0) is 0 Å². The van der Waals surface area contributed by atoms with Gasteiger partial charge in [-0.1, -0.05) is 0 Å². The van der Waals surface area contributed by atoms with E-state index in [-0.39, 0.29) is 0 Å². The Balaban J connectivity index is 2.58. The third-order valence-electron chi connectivity index (χ3n) is 1.91. The van der Waals surface area contributed by atoms with Crippen molar-refractivity contribution in [1.82, 2.24) is 0 Å². The number of anilines is 1. The molecule has 1 aromatic rings. The molecule has 0 bridgehead atoms. The maximum absolute atomic E-state index is 5.69. The van der Waals surface area contributed by atoms with E-state index < -0.39 is 20.2 Å². The van der Waals surface area contributed by atoms with Crippen LogP contribution < -0.4 is 9.24 Å². The number of rotatable bonds is 0. The molecular formula is C9H10NSb. The van der Waals surface area contributed by atoms with Crippen LogP contribution in [0.2, 0.25) is 4.87 Å². The summed E-state index contributed by atoms with van der Waals surface area (Å²) in [4.78, 5) is 2.37. The molecule has 2 heteroatoms. The van der Waals surface area contributed by atoms with E-state index in [0.717, 1.165) is 5.69 Å². The Labute approximate surface area is 73.9 Å². The van der Waals surface area contributed by atoms with E-state index in [9.17, 15) is 0 Å². The van der Waals surface area contributed by atoms with Gasteiger partial charge < -0.3 is 0 Å². The topological polar surface area (TPSA) is 26.0 Å². The second-order valence-electron chi connectivity index (χ2n) is 2.74. The Bertz CT molecular complexity index is 317. The van der Waals surface area contributed by atoms with Crippen LogP contribution in [0.1, 0.15) is 5.56 Å². The predicted octanol–water partition coefficient (Wildman–Crippen LogP) is 1.17. The van der Waals surface area contributed by atoms with Crippen LogP contribution in [-0.4, -0.2) is 20.2 Å². The van der Waals surface area contributed by atoms with Crippen molar-refractivity contribution in [2.45, 2.75) is 4.87 Å². The van der Waals surface area contributed by atoms with Crippen LogP contribution in [0, 0.1) is 0 Å². The van der Waals surface area contributed by atoms with Crippen LogP contribution in [0.5, 0.6) is 0 Å². The number of hydrogen-bond donors (Lipinski definition) is 1. The molecule has 0 radical (unpaired) electrons. The molecule has 0 saturated carbocycles. The molecule has 2 rings (SSSR count). The summed E-state index contributed by atoms with van der Waals surface area (Å²) in [5.74, 6) is 0. The molecule has 0 atom stereocenters. The summed E-state index contributed by atoms with van der Waals surface area (Å²) in [6, 6.07) is 6.23. The summed E-state index contributed by atoms with van der Waals surface area (Å²) in [6.45, 7) is 0. The Kier molecular flexibility index (Phi) is 1.69. The molecule has 0 amide bonds. The Hall–Kier alpha value is -0.422. The molecule has 0 aromatic heterocycles. The summed E-state index contributed by atoms with van der Waals surface area (Å²) in [5, 5.41) is 0. The third-order valence-corrected chi connectivity index (χ3v) is 6.89. The van der Waals surface area contributed by atoms with Crippen LogP contribution in [0.15, 0.2) is 22.2 Å². The number of nitrogens with two attached hydrogens (primary N) is 1. The van der Waals surface area contributed by atoms with Gasteiger partial charge in [0.1, 0.15) is 0 Å². The van der Waals surface area contributed by atoms with Crippen molar-refractivity contribution in [1.29, 1.82) is 0 Å². The summed E-state index contributed by atoms with van der Waals surface area (Å²) in [6.07, 6.45) is 2.23. The molecule has 1 aliphatic rings. The first-order valence-corrected chi connectivity index (χ1v) is 8.88. The van der Waals surface area contributed by atoms with Gasteiger partial charge in [-0.2, -0.15) is 0 Å². The van der Waals surface area contributed by atoms with Crippen molar-refractivity contribution in [3.63, 3.8) is 0 Å². The molecule has 11 heavy (non-hydrogen) atoms. The fourth-order valence-electron chi connectivity index (χ4n) is 1.28. The van der Waals surface area contributed by atoms with E-state index >= 15 is 0 Å². The molecule has 56 valence electrons. The summed E-state index contributed by atoms with van der Waals surface area (Å²) >= 11 is -1.14. The van der Waals surface area contributed by atoms with Crippen LogP contribution in [0.4, 0.5) is 5.69 Å². The van der Waals surface area contributed by atoms with Gasteiger partial charge >= 0.3 is 73.9 Å². The number of hydrogen-bond acceptors (Lipinski definition) is 1. The Morgan fingerprint density at radius 3 is 3.00 bits per heavy atom. The van der Waals surface area contributed by atoms with Crippen molar-refractivity contribution >= 4 is 35.5 Å². The predicted molar refractivity (Wildman–Crippen MR) is 51.1 cm³/mol. The summed E-state index contributed by atoms with van der Waals surface area (Å²) in [5.41, 5.74) is 7.99. The van der Waals surface area contributed by atoms with Gasteiger partial charge in [-0.25, -0.2) is 0 Å². The molecule has 0 saturated heterocycles. The van der Waals surface area contributed by atoms with Gasteiger partial charge in [0.15, 0.2) is 0 Å². The molecule has 1 nitrogen and oxygen atoms in total. The summed E-state index contributed by atoms with van der Waals surface area (Å²) < 4.78 is 3.92. The SMILES string of the molecule is [CH3][Sb]1[CH]=Cc2ccc(N)c[c]21. The van der Waals surface area contributed by atoms with Crippen molar-refractivity contribution < 1.29 is 0 Å². The van der Waals surface area contributed by atoms with E-state index in [1.807, 2.05) is 6.07 Å². The van der Waals surface area contributed by atoms with Crippen LogP contribution in [0.3, 0.4) is 0 Å². The van der Waals surface area contributed by atoms with Crippen molar-refractivity contribution in [2.24, 2.45) is 0 Å². The molecule has 1 aromatic carbocycles. The van der Waals surface area contributed by atoms with E-state index in [2.05, 4.69) is 27.1 Å². The van der Waals surface area contributed by atoms with Gasteiger partial charge in [0.25, 0.3) is 0 Å². The molecule has 0 spiro atoms. The number of fused-ring (bicyclic) bond motifs is 1. The number of benzene rings is 1. The first kappa shape index (κ1) is 7.24. The summed E-state index contributed by atoms with van der Waals surface area (Å²) in [7, 11) is 0. The second kappa shape index (κ2) is 2.56. The van der Waals surface area contributed by atoms with E-state index in [1.54, 1.807) is 0 Å². The molecule has 0 fully saturated rings. The average Bonchev–Trinajstić information content (AvgIpc) is 2.33. The maximum atomic E-state index is 5.69. The molecule has 1 aliphatic heterocycles. The van der Waals surface area contributed by atoms with Crippen LogP contribution >= 0.6 is 0 Å². The minimum absolute atomic E-state index is 0.906. The molecule has 0 unspecified atom stereocenters. The molecule has 1 heterocycles. The first-order valence-electron chi connectivity index (χ1n) is 3.58. The monoisotopic (exact) mass is 253 g/mol. The molecule has 0 aliphatic carbocycles. The van der Waals surface area contributed by atoms with Crippen molar-refractivity contribution in [2.75, 3.05) is 5.73 Å². The third kappa shape index (κ3) is 1.18. The standard InChI is InChI=1S/C8H7N.CH3.Sb/c1-2-7-3-5-8(9)6-4-7;;/h1-3,5-6H,9H2;1H3;. The Morgan fingerprint density at radius 2 is 2.18 bits per heavy atom. The van der Waals surface area contributed by atoms with Crippen molar-refractivity contribution in [3.8, 4) is 0 Å². The van der Waals surface area contributed by atoms with E-state index in [1.165, 1.54) is 9.07 Å². The molecular weight excluding hydrogens is 244 g/mol. The van der Waals surface area contributed by atoms with Gasteiger partial charge in [0.05, 0.1) is 0 Å². The van der Waals surface area contributed by atoms with Crippen molar-refractivity contribution in [3.05, 3.63) is 27.8 Å².